The van der Waals surface area contributed by atoms with Gasteiger partial charge in [0.2, 0.25) is 0 Å². The van der Waals surface area contributed by atoms with Gasteiger partial charge in [0.1, 0.15) is 13.2 Å². The van der Waals surface area contributed by atoms with E-state index in [2.05, 4.69) is 118 Å². The third-order valence-electron chi connectivity index (χ3n) is 11.0. The number of unbranched alkanes of at least 4 members (excludes halogenated alkanes) is 19. The van der Waals surface area contributed by atoms with Crippen LogP contribution in [0.4, 0.5) is 0 Å². The van der Waals surface area contributed by atoms with Crippen molar-refractivity contribution in [2.75, 3.05) is 13.2 Å². The summed E-state index contributed by atoms with van der Waals surface area (Å²) in [7, 11) is 0. The molecule has 66 heavy (non-hydrogen) atoms. The van der Waals surface area contributed by atoms with Crippen LogP contribution in [-0.2, 0) is 28.6 Å². The Morgan fingerprint density at radius 1 is 0.333 bits per heavy atom. The molecule has 1 atom stereocenters. The maximum Gasteiger partial charge on any atom is 0.306 e. The maximum absolute atomic E-state index is 12.8. The molecule has 0 spiro atoms. The minimum atomic E-state index is -0.821. The maximum atomic E-state index is 12.8. The molecule has 6 heteroatoms. The molecule has 0 fully saturated rings. The second kappa shape index (κ2) is 53.7. The molecule has 0 radical (unpaired) electrons. The molecule has 0 saturated carbocycles. The van der Waals surface area contributed by atoms with Gasteiger partial charge in [-0.2, -0.15) is 0 Å². The number of esters is 3. The smallest absolute Gasteiger partial charge is 0.306 e. The number of carbonyl (C=O) groups excluding carboxylic acids is 3. The standard InChI is InChI=1S/C60H98O6/c1-4-7-10-13-16-19-22-24-26-28-30-32-33-35-38-41-44-47-50-53-59(62)65-56-57(55-64-58(61)52-49-46-43-40-37-21-18-15-12-9-6-3)66-60(63)54-51-48-45-42-39-36-34-31-29-27-25-23-20-17-14-11-8-5-2/h7,10,15-16,18-19,24,26-27,29-32,34-35,38,44,47,57H,4-6,8-9,11-14,17,20-23,25,28,33,36-37,39-43,45-46,48-56H2,1-3H3/b10-7-,18-15-,19-16-,26-24-,29-27-,32-30-,34-31-,38-35-,47-44-. The van der Waals surface area contributed by atoms with Crippen LogP contribution in [0.15, 0.2) is 109 Å². The second-order valence-electron chi connectivity index (χ2n) is 17.4. The Morgan fingerprint density at radius 3 is 1.15 bits per heavy atom. The minimum Gasteiger partial charge on any atom is -0.462 e. The van der Waals surface area contributed by atoms with Gasteiger partial charge >= 0.3 is 17.9 Å². The molecule has 0 rings (SSSR count). The summed E-state index contributed by atoms with van der Waals surface area (Å²) >= 11 is 0. The van der Waals surface area contributed by atoms with Gasteiger partial charge in [-0.15, -0.1) is 0 Å². The number of rotatable bonds is 47. The van der Waals surface area contributed by atoms with Crippen LogP contribution in [0.3, 0.4) is 0 Å². The van der Waals surface area contributed by atoms with Gasteiger partial charge in [0.05, 0.1) is 0 Å². The van der Waals surface area contributed by atoms with Gasteiger partial charge in [0.15, 0.2) is 6.10 Å². The first kappa shape index (κ1) is 62.1. The summed E-state index contributed by atoms with van der Waals surface area (Å²) in [5, 5.41) is 0. The lowest BCUT2D eigenvalue weighted by atomic mass is 10.1. The van der Waals surface area contributed by atoms with Crippen LogP contribution < -0.4 is 0 Å². The summed E-state index contributed by atoms with van der Waals surface area (Å²) in [4.78, 5) is 38.0. The molecular weight excluding hydrogens is 817 g/mol. The van der Waals surface area contributed by atoms with Crippen LogP contribution in [0, 0.1) is 0 Å². The zero-order valence-electron chi connectivity index (χ0n) is 42.7. The zero-order valence-corrected chi connectivity index (χ0v) is 42.7. The monoisotopic (exact) mass is 915 g/mol. The predicted molar refractivity (Wildman–Crippen MR) is 283 cm³/mol. The first-order valence-electron chi connectivity index (χ1n) is 26.9. The van der Waals surface area contributed by atoms with Crippen LogP contribution >= 0.6 is 0 Å². The topological polar surface area (TPSA) is 78.9 Å². The predicted octanol–water partition coefficient (Wildman–Crippen LogP) is 17.9. The first-order chi connectivity index (χ1) is 32.5. The summed E-state index contributed by atoms with van der Waals surface area (Å²) < 4.78 is 16.7. The number of hydrogen-bond acceptors (Lipinski definition) is 6. The van der Waals surface area contributed by atoms with E-state index in [1.165, 1.54) is 77.0 Å². The Balaban J connectivity index is 4.52. The van der Waals surface area contributed by atoms with E-state index in [0.717, 1.165) is 109 Å². The van der Waals surface area contributed by atoms with Crippen LogP contribution in [0.2, 0.25) is 0 Å². The number of allylic oxidation sites excluding steroid dienone is 18. The van der Waals surface area contributed by atoms with Gasteiger partial charge in [-0.05, 0) is 103 Å². The third kappa shape index (κ3) is 51.1. The van der Waals surface area contributed by atoms with E-state index < -0.39 is 6.10 Å². The highest BCUT2D eigenvalue weighted by molar-refractivity contribution is 5.71. The number of carbonyl (C=O) groups is 3. The van der Waals surface area contributed by atoms with Crippen molar-refractivity contribution in [3.63, 3.8) is 0 Å². The Kier molecular flexibility index (Phi) is 50.5. The Labute approximate surface area is 406 Å². The molecule has 374 valence electrons. The molecule has 6 nitrogen and oxygen atoms in total. The van der Waals surface area contributed by atoms with Crippen molar-refractivity contribution in [2.45, 2.75) is 239 Å². The number of ether oxygens (including phenoxy) is 3. The minimum absolute atomic E-state index is 0.114. The summed E-state index contributed by atoms with van der Waals surface area (Å²) in [6, 6.07) is 0. The fraction of sp³-hybridized carbons (Fsp3) is 0.650. The summed E-state index contributed by atoms with van der Waals surface area (Å²) in [6.45, 7) is 6.39. The van der Waals surface area contributed by atoms with Crippen molar-refractivity contribution in [2.24, 2.45) is 0 Å². The SMILES string of the molecule is CC/C=C\C/C=C\C/C=C\C/C=C\C/C=C\C/C=C\CCC(=O)OCC(COC(=O)CCCCCCC/C=C\CCCC)OC(=O)CCCCCCC/C=C\C=C/CCCCCCCCC. The number of hydrogen-bond donors (Lipinski definition) is 0. The lowest BCUT2D eigenvalue weighted by Crippen LogP contribution is -2.30. The summed E-state index contributed by atoms with van der Waals surface area (Å²) in [6.07, 6.45) is 72.3. The molecule has 0 saturated heterocycles. The lowest BCUT2D eigenvalue weighted by Gasteiger charge is -2.18. The average molecular weight is 915 g/mol. The van der Waals surface area contributed by atoms with Crippen molar-refractivity contribution in [1.29, 1.82) is 0 Å². The second-order valence-corrected chi connectivity index (χ2v) is 17.4. The fourth-order valence-corrected chi connectivity index (χ4v) is 6.97. The molecule has 0 aromatic carbocycles. The van der Waals surface area contributed by atoms with E-state index in [-0.39, 0.29) is 37.5 Å². The summed E-state index contributed by atoms with van der Waals surface area (Å²) in [5.41, 5.74) is 0. The van der Waals surface area contributed by atoms with Crippen molar-refractivity contribution in [3.05, 3.63) is 109 Å². The highest BCUT2D eigenvalue weighted by Gasteiger charge is 2.19. The first-order valence-corrected chi connectivity index (χ1v) is 26.9. The van der Waals surface area contributed by atoms with Gasteiger partial charge < -0.3 is 14.2 Å². The molecule has 0 aliphatic heterocycles. The molecule has 0 N–H and O–H groups in total. The molecule has 0 aromatic rings. The lowest BCUT2D eigenvalue weighted by molar-refractivity contribution is -0.166. The van der Waals surface area contributed by atoms with Crippen molar-refractivity contribution in [1.82, 2.24) is 0 Å². The van der Waals surface area contributed by atoms with Crippen molar-refractivity contribution in [3.8, 4) is 0 Å². The van der Waals surface area contributed by atoms with Crippen LogP contribution in [0.5, 0.6) is 0 Å². The molecule has 0 heterocycles. The van der Waals surface area contributed by atoms with E-state index >= 15 is 0 Å². The fourth-order valence-electron chi connectivity index (χ4n) is 6.97. The molecule has 0 amide bonds. The molecule has 0 aliphatic rings. The van der Waals surface area contributed by atoms with E-state index in [4.69, 9.17) is 14.2 Å². The zero-order chi connectivity index (χ0) is 47.9. The van der Waals surface area contributed by atoms with Crippen LogP contribution in [-0.4, -0.2) is 37.2 Å². The third-order valence-corrected chi connectivity index (χ3v) is 11.0. The van der Waals surface area contributed by atoms with E-state index in [9.17, 15) is 14.4 Å². The summed E-state index contributed by atoms with van der Waals surface area (Å²) in [5.74, 6) is -1.03. The Bertz CT molecular complexity index is 1370. The van der Waals surface area contributed by atoms with Crippen LogP contribution in [0.1, 0.15) is 233 Å². The van der Waals surface area contributed by atoms with Crippen molar-refractivity contribution < 1.29 is 28.6 Å². The average Bonchev–Trinajstić information content (AvgIpc) is 3.31. The normalized spacial score (nSPS) is 13.0. The molecule has 0 bridgehead atoms. The van der Waals surface area contributed by atoms with Gasteiger partial charge in [-0.1, -0.05) is 220 Å². The van der Waals surface area contributed by atoms with Gasteiger partial charge in [0, 0.05) is 19.3 Å². The quantitative estimate of drug-likeness (QED) is 0.0199. The Morgan fingerprint density at radius 2 is 0.682 bits per heavy atom. The van der Waals surface area contributed by atoms with Gasteiger partial charge in [-0.3, -0.25) is 14.4 Å². The van der Waals surface area contributed by atoms with E-state index in [1.54, 1.807) is 0 Å². The van der Waals surface area contributed by atoms with Crippen molar-refractivity contribution >= 4 is 17.9 Å². The highest BCUT2D eigenvalue weighted by atomic mass is 16.6. The largest absolute Gasteiger partial charge is 0.462 e. The van der Waals surface area contributed by atoms with E-state index in [1.807, 2.05) is 12.2 Å². The van der Waals surface area contributed by atoms with Crippen LogP contribution in [0.25, 0.3) is 0 Å². The highest BCUT2D eigenvalue weighted by Crippen LogP contribution is 2.13. The molecule has 0 aliphatic carbocycles. The van der Waals surface area contributed by atoms with E-state index in [0.29, 0.717) is 19.3 Å². The van der Waals surface area contributed by atoms with Gasteiger partial charge in [0.25, 0.3) is 0 Å². The van der Waals surface area contributed by atoms with Gasteiger partial charge in [-0.25, -0.2) is 0 Å². The Hall–Kier alpha value is -3.93. The molecule has 0 aromatic heterocycles. The molecular formula is C60H98O6. The molecule has 1 unspecified atom stereocenters.